The minimum atomic E-state index is -0.934. The maximum absolute atomic E-state index is 12.2. The molecule has 0 spiro atoms. The Bertz CT molecular complexity index is 693. The Labute approximate surface area is 143 Å². The van der Waals surface area contributed by atoms with Gasteiger partial charge < -0.3 is 14.2 Å². The highest BCUT2D eigenvalue weighted by Crippen LogP contribution is 2.19. The molecule has 0 saturated carbocycles. The van der Waals surface area contributed by atoms with Gasteiger partial charge in [-0.1, -0.05) is 6.92 Å². The van der Waals surface area contributed by atoms with E-state index in [0.717, 1.165) is 29.9 Å². The lowest BCUT2D eigenvalue weighted by Crippen LogP contribution is -2.35. The second-order valence-electron chi connectivity index (χ2n) is 5.93. The number of esters is 1. The highest BCUT2D eigenvalue weighted by Gasteiger charge is 2.22. The summed E-state index contributed by atoms with van der Waals surface area (Å²) in [6, 6.07) is 3.80. The second-order valence-corrected chi connectivity index (χ2v) is 5.93. The average Bonchev–Trinajstić information content (AvgIpc) is 2.79. The maximum Gasteiger partial charge on any atom is 0.349 e. The van der Waals surface area contributed by atoms with E-state index >= 15 is 0 Å². The smallest absolute Gasteiger partial charge is 0.349 e. The van der Waals surface area contributed by atoms with Crippen molar-refractivity contribution in [2.24, 2.45) is 0 Å². The number of carbonyl (C=O) groups excluding carboxylic acids is 2. The number of aromatic nitrogens is 1. The number of likely N-dealkylation sites (N-methyl/N-ethyl adjacent to an activating group) is 1. The van der Waals surface area contributed by atoms with E-state index in [2.05, 4.69) is 11.5 Å². The Hall–Kier alpha value is -2.55. The fraction of sp³-hybridized carbons (Fsp3) is 0.500. The lowest BCUT2D eigenvalue weighted by atomic mass is 10.1. The summed E-state index contributed by atoms with van der Waals surface area (Å²) in [5.74, 6) is -1.12. The molecule has 0 aromatic carbocycles. The number of hydrogen-bond donors (Lipinski definition) is 0. The third-order valence-electron chi connectivity index (χ3n) is 3.77. The summed E-state index contributed by atoms with van der Waals surface area (Å²) in [5, 5.41) is 9.27. The Kier molecular flexibility index (Phi) is 6.78. The predicted molar refractivity (Wildman–Crippen MR) is 92.0 cm³/mol. The molecule has 0 aliphatic rings. The van der Waals surface area contributed by atoms with Crippen LogP contribution in [0, 0.1) is 25.2 Å². The molecule has 1 heterocycles. The lowest BCUT2D eigenvalue weighted by Gasteiger charge is -2.16. The third kappa shape index (κ3) is 4.48. The number of nitriles is 1. The molecular weight excluding hydrogens is 306 g/mol. The molecular formula is C18H25N3O3. The largest absolute Gasteiger partial charge is 0.448 e. The highest BCUT2D eigenvalue weighted by molar-refractivity contribution is 5.99. The number of carbonyl (C=O) groups is 2. The van der Waals surface area contributed by atoms with Crippen LogP contribution in [0.25, 0.3) is 6.08 Å². The Morgan fingerprint density at radius 3 is 2.54 bits per heavy atom. The van der Waals surface area contributed by atoms with Crippen LogP contribution in [-0.4, -0.2) is 41.5 Å². The minimum Gasteiger partial charge on any atom is -0.448 e. The average molecular weight is 331 g/mol. The van der Waals surface area contributed by atoms with Crippen molar-refractivity contribution < 1.29 is 14.3 Å². The molecule has 0 saturated heterocycles. The van der Waals surface area contributed by atoms with Crippen LogP contribution >= 0.6 is 0 Å². The zero-order valence-electron chi connectivity index (χ0n) is 15.2. The van der Waals surface area contributed by atoms with Gasteiger partial charge in [0.15, 0.2) is 6.10 Å². The summed E-state index contributed by atoms with van der Waals surface area (Å²) in [4.78, 5) is 25.3. The molecule has 1 rings (SSSR count). The summed E-state index contributed by atoms with van der Waals surface area (Å²) < 4.78 is 7.24. The molecule has 6 heteroatoms. The minimum absolute atomic E-state index is 0.120. The van der Waals surface area contributed by atoms with Gasteiger partial charge in [0.1, 0.15) is 11.6 Å². The summed E-state index contributed by atoms with van der Waals surface area (Å²) in [6.07, 6.45) is 1.58. The molecule has 130 valence electrons. The van der Waals surface area contributed by atoms with Gasteiger partial charge in [-0.2, -0.15) is 5.26 Å². The molecule has 1 aromatic heterocycles. The normalized spacial score (nSPS) is 12.5. The zero-order valence-corrected chi connectivity index (χ0v) is 15.2. The zero-order chi connectivity index (χ0) is 18.4. The van der Waals surface area contributed by atoms with Gasteiger partial charge in [-0.25, -0.2) is 4.79 Å². The molecule has 0 unspecified atom stereocenters. The second kappa shape index (κ2) is 8.34. The Morgan fingerprint density at radius 2 is 2.04 bits per heavy atom. The van der Waals surface area contributed by atoms with Crippen molar-refractivity contribution in [3.63, 3.8) is 0 Å². The van der Waals surface area contributed by atoms with Crippen LogP contribution in [0.1, 0.15) is 37.2 Å². The van der Waals surface area contributed by atoms with Crippen molar-refractivity contribution >= 4 is 18.0 Å². The van der Waals surface area contributed by atoms with Crippen LogP contribution in [0.2, 0.25) is 0 Å². The van der Waals surface area contributed by atoms with Crippen LogP contribution in [0.15, 0.2) is 11.6 Å². The first-order valence-corrected chi connectivity index (χ1v) is 7.93. The van der Waals surface area contributed by atoms with Gasteiger partial charge in [0.05, 0.1) is 0 Å². The molecule has 0 N–H and O–H groups in total. The predicted octanol–water partition coefficient (Wildman–Crippen LogP) is 2.44. The number of ether oxygens (including phenoxy) is 1. The summed E-state index contributed by atoms with van der Waals surface area (Å²) >= 11 is 0. The van der Waals surface area contributed by atoms with Crippen molar-refractivity contribution in [2.75, 3.05) is 14.1 Å². The van der Waals surface area contributed by atoms with E-state index in [-0.39, 0.29) is 11.5 Å². The first kappa shape index (κ1) is 19.5. The van der Waals surface area contributed by atoms with E-state index in [4.69, 9.17) is 4.74 Å². The van der Waals surface area contributed by atoms with E-state index in [1.54, 1.807) is 14.1 Å². The van der Waals surface area contributed by atoms with Gasteiger partial charge in [0.2, 0.25) is 0 Å². The standard InChI is InChI=1S/C18H25N3O3/c1-7-8-21-12(2)9-15(13(21)3)10-16(11-19)18(23)24-14(4)17(22)20(5)6/h9-10,14H,7-8H2,1-6H3/b16-10+/t14-/m0/s1. The molecule has 1 aromatic rings. The van der Waals surface area contributed by atoms with Crippen molar-refractivity contribution in [2.45, 2.75) is 46.8 Å². The van der Waals surface area contributed by atoms with Crippen molar-refractivity contribution in [1.82, 2.24) is 9.47 Å². The number of nitrogens with zero attached hydrogens (tertiary/aromatic N) is 3. The van der Waals surface area contributed by atoms with Gasteiger partial charge >= 0.3 is 5.97 Å². The molecule has 24 heavy (non-hydrogen) atoms. The SMILES string of the molecule is CCCn1c(C)cc(/C=C(\C#N)C(=O)O[C@@H](C)C(=O)N(C)C)c1C. The molecule has 1 atom stereocenters. The van der Waals surface area contributed by atoms with Crippen LogP contribution in [-0.2, 0) is 20.9 Å². The quantitative estimate of drug-likeness (QED) is 0.456. The highest BCUT2D eigenvalue weighted by atomic mass is 16.5. The van der Waals surface area contributed by atoms with E-state index in [1.807, 2.05) is 26.0 Å². The first-order chi connectivity index (χ1) is 11.2. The van der Waals surface area contributed by atoms with Gasteiger partial charge in [-0.15, -0.1) is 0 Å². The molecule has 0 bridgehead atoms. The van der Waals surface area contributed by atoms with E-state index in [1.165, 1.54) is 17.9 Å². The number of aryl methyl sites for hydroxylation is 1. The van der Waals surface area contributed by atoms with E-state index in [0.29, 0.717) is 0 Å². The third-order valence-corrected chi connectivity index (χ3v) is 3.77. The maximum atomic E-state index is 12.2. The van der Waals surface area contributed by atoms with Crippen molar-refractivity contribution in [3.8, 4) is 6.07 Å². The number of rotatable bonds is 6. The summed E-state index contributed by atoms with van der Waals surface area (Å²) in [5.41, 5.74) is 2.75. The molecule has 1 amide bonds. The lowest BCUT2D eigenvalue weighted by molar-refractivity contribution is -0.154. The van der Waals surface area contributed by atoms with Crippen LogP contribution in [0.5, 0.6) is 0 Å². The van der Waals surface area contributed by atoms with Crippen molar-refractivity contribution in [3.05, 3.63) is 28.6 Å². The number of hydrogen-bond acceptors (Lipinski definition) is 4. The molecule has 0 aliphatic heterocycles. The van der Waals surface area contributed by atoms with Gasteiger partial charge in [0, 0.05) is 32.0 Å². The fourth-order valence-corrected chi connectivity index (χ4v) is 2.47. The van der Waals surface area contributed by atoms with Crippen LogP contribution in [0.3, 0.4) is 0 Å². The van der Waals surface area contributed by atoms with Gasteiger partial charge in [-0.05, 0) is 44.9 Å². The summed E-state index contributed by atoms with van der Waals surface area (Å²) in [7, 11) is 3.16. The Balaban J connectivity index is 3.03. The van der Waals surface area contributed by atoms with Crippen molar-refractivity contribution in [1.29, 1.82) is 5.26 Å². The fourth-order valence-electron chi connectivity index (χ4n) is 2.47. The van der Waals surface area contributed by atoms with E-state index < -0.39 is 12.1 Å². The first-order valence-electron chi connectivity index (χ1n) is 7.93. The Morgan fingerprint density at radius 1 is 1.42 bits per heavy atom. The topological polar surface area (TPSA) is 75.3 Å². The monoisotopic (exact) mass is 331 g/mol. The molecule has 0 fully saturated rings. The van der Waals surface area contributed by atoms with Gasteiger partial charge in [0.25, 0.3) is 5.91 Å². The van der Waals surface area contributed by atoms with E-state index in [9.17, 15) is 14.9 Å². The molecule has 0 aliphatic carbocycles. The van der Waals surface area contributed by atoms with Crippen LogP contribution in [0.4, 0.5) is 0 Å². The number of amides is 1. The molecule has 6 nitrogen and oxygen atoms in total. The van der Waals surface area contributed by atoms with Crippen LogP contribution < -0.4 is 0 Å². The van der Waals surface area contributed by atoms with Gasteiger partial charge in [-0.3, -0.25) is 4.79 Å². The molecule has 0 radical (unpaired) electrons. The summed E-state index contributed by atoms with van der Waals surface area (Å²) in [6.45, 7) is 8.40.